The Bertz CT molecular complexity index is 1040. The first-order chi connectivity index (χ1) is 15.0. The van der Waals surface area contributed by atoms with Crippen molar-refractivity contribution in [1.82, 2.24) is 14.8 Å². The predicted octanol–water partition coefficient (Wildman–Crippen LogP) is 3.32. The Morgan fingerprint density at radius 2 is 1.90 bits per heavy atom. The fourth-order valence-electron chi connectivity index (χ4n) is 4.10. The maximum atomic E-state index is 13.4. The number of rotatable bonds is 8. The second-order valence-electron chi connectivity index (χ2n) is 7.91. The van der Waals surface area contributed by atoms with Crippen LogP contribution in [0.15, 0.2) is 65.3 Å². The van der Waals surface area contributed by atoms with Crippen molar-refractivity contribution in [1.29, 1.82) is 0 Å². The van der Waals surface area contributed by atoms with Crippen molar-refractivity contribution in [3.63, 3.8) is 0 Å². The van der Waals surface area contributed by atoms with Gasteiger partial charge in [0.1, 0.15) is 17.0 Å². The van der Waals surface area contributed by atoms with Gasteiger partial charge in [0.05, 0.1) is 18.5 Å². The van der Waals surface area contributed by atoms with Gasteiger partial charge >= 0.3 is 0 Å². The summed E-state index contributed by atoms with van der Waals surface area (Å²) in [6, 6.07) is 17.1. The smallest absolute Gasteiger partial charge is 0.271 e. The van der Waals surface area contributed by atoms with Gasteiger partial charge in [-0.15, -0.1) is 0 Å². The highest BCUT2D eigenvalue weighted by Gasteiger charge is 2.47. The highest BCUT2D eigenvalue weighted by atomic mass is 16.5. The number of fused-ring (bicyclic) bond motifs is 1. The lowest BCUT2D eigenvalue weighted by Gasteiger charge is -2.44. The normalized spacial score (nSPS) is 18.1. The molecule has 7 nitrogen and oxygen atoms in total. The molecule has 0 aliphatic carbocycles. The topological polar surface area (TPSA) is 76.7 Å². The zero-order valence-corrected chi connectivity index (χ0v) is 17.8. The molecule has 0 bridgehead atoms. The van der Waals surface area contributed by atoms with Crippen molar-refractivity contribution in [2.24, 2.45) is 0 Å². The lowest BCUT2D eigenvalue weighted by Crippen LogP contribution is -2.64. The quantitative estimate of drug-likeness (QED) is 0.566. The van der Waals surface area contributed by atoms with Crippen LogP contribution in [0.2, 0.25) is 0 Å². The van der Waals surface area contributed by atoms with Gasteiger partial charge in [-0.25, -0.2) is 0 Å². The van der Waals surface area contributed by atoms with Crippen molar-refractivity contribution in [3.8, 4) is 11.5 Å². The number of benzene rings is 1. The van der Waals surface area contributed by atoms with Gasteiger partial charge < -0.3 is 23.9 Å². The van der Waals surface area contributed by atoms with Gasteiger partial charge in [-0.05, 0) is 43.2 Å². The van der Waals surface area contributed by atoms with Crippen molar-refractivity contribution in [2.75, 3.05) is 20.3 Å². The molecule has 1 N–H and O–H groups in total. The van der Waals surface area contributed by atoms with E-state index in [0.29, 0.717) is 44.1 Å². The number of nitrogens with zero attached hydrogens (tertiary/aromatic N) is 2. The van der Waals surface area contributed by atoms with Crippen LogP contribution in [0.5, 0.6) is 0 Å². The minimum absolute atomic E-state index is 0.169. The van der Waals surface area contributed by atoms with Crippen molar-refractivity contribution >= 4 is 11.8 Å². The largest absolute Gasteiger partial charge is 0.463 e. The van der Waals surface area contributed by atoms with Crippen LogP contribution in [-0.4, -0.2) is 47.1 Å². The molecule has 4 rings (SSSR count). The van der Waals surface area contributed by atoms with Crippen LogP contribution in [0.25, 0.3) is 11.5 Å². The van der Waals surface area contributed by atoms with E-state index < -0.39 is 5.54 Å². The van der Waals surface area contributed by atoms with Crippen LogP contribution < -0.4 is 5.32 Å². The first kappa shape index (κ1) is 20.9. The molecule has 1 unspecified atom stereocenters. The summed E-state index contributed by atoms with van der Waals surface area (Å²) in [6.45, 7) is 3.52. The molecule has 2 aromatic heterocycles. The van der Waals surface area contributed by atoms with Crippen LogP contribution in [0.3, 0.4) is 0 Å². The summed E-state index contributed by atoms with van der Waals surface area (Å²) in [5, 5.41) is 3.03. The second-order valence-corrected chi connectivity index (χ2v) is 7.91. The van der Waals surface area contributed by atoms with Gasteiger partial charge in [-0.3, -0.25) is 9.59 Å². The van der Waals surface area contributed by atoms with E-state index in [-0.39, 0.29) is 11.8 Å². The molecule has 3 heterocycles. The van der Waals surface area contributed by atoms with Gasteiger partial charge in [-0.1, -0.05) is 30.3 Å². The highest BCUT2D eigenvalue weighted by molar-refractivity contribution is 6.00. The third kappa shape index (κ3) is 4.01. The molecule has 1 aromatic carbocycles. The number of methoxy groups -OCH3 is 1. The number of carbonyl (C=O) groups excluding carboxylic acids is 2. The van der Waals surface area contributed by atoms with Gasteiger partial charge in [-0.2, -0.15) is 0 Å². The minimum atomic E-state index is -1.05. The Kier molecular flexibility index (Phi) is 5.95. The van der Waals surface area contributed by atoms with E-state index in [1.54, 1.807) is 24.3 Å². The summed E-state index contributed by atoms with van der Waals surface area (Å²) in [6.07, 6.45) is 2.25. The molecule has 1 atom stereocenters. The highest BCUT2D eigenvalue weighted by Crippen LogP contribution is 2.33. The first-order valence-corrected chi connectivity index (χ1v) is 10.4. The Morgan fingerprint density at radius 1 is 1.13 bits per heavy atom. The lowest BCUT2D eigenvalue weighted by atomic mass is 9.94. The van der Waals surface area contributed by atoms with Crippen molar-refractivity contribution < 1.29 is 18.7 Å². The van der Waals surface area contributed by atoms with Crippen LogP contribution in [-0.2, 0) is 22.6 Å². The lowest BCUT2D eigenvalue weighted by molar-refractivity contribution is -0.133. The molecular formula is C24H27N3O4. The molecule has 0 radical (unpaired) electrons. The number of ether oxygens (including phenoxy) is 1. The van der Waals surface area contributed by atoms with E-state index in [1.165, 1.54) is 0 Å². The molecule has 1 aliphatic rings. The summed E-state index contributed by atoms with van der Waals surface area (Å²) in [5.74, 6) is 0.309. The molecule has 0 saturated heterocycles. The van der Waals surface area contributed by atoms with Crippen LogP contribution in [0.1, 0.15) is 29.4 Å². The van der Waals surface area contributed by atoms with Crippen LogP contribution in [0.4, 0.5) is 0 Å². The van der Waals surface area contributed by atoms with E-state index >= 15 is 0 Å². The van der Waals surface area contributed by atoms with E-state index in [0.717, 1.165) is 11.3 Å². The molecule has 0 spiro atoms. The monoisotopic (exact) mass is 421 g/mol. The standard InChI is InChI=1S/C24H27N3O4/c1-24(23(29)25-16-18-8-4-3-5-9-18)17-26-19(21-10-6-15-31-21)11-12-20(26)22(28)27(24)13-7-14-30-2/h3-6,8-12,15H,7,13-14,16-17H2,1-2H3,(H,25,29). The average Bonchev–Trinajstić information content (AvgIpc) is 3.45. The van der Waals surface area contributed by atoms with Crippen LogP contribution >= 0.6 is 0 Å². The maximum absolute atomic E-state index is 13.4. The minimum Gasteiger partial charge on any atom is -0.463 e. The summed E-state index contributed by atoms with van der Waals surface area (Å²) in [4.78, 5) is 28.6. The van der Waals surface area contributed by atoms with Gasteiger partial charge in [0.25, 0.3) is 5.91 Å². The third-order valence-corrected chi connectivity index (χ3v) is 5.80. The first-order valence-electron chi connectivity index (χ1n) is 10.4. The molecular weight excluding hydrogens is 394 g/mol. The molecule has 31 heavy (non-hydrogen) atoms. The molecule has 162 valence electrons. The fraction of sp³-hybridized carbons (Fsp3) is 0.333. The Morgan fingerprint density at radius 3 is 2.61 bits per heavy atom. The number of amides is 2. The summed E-state index contributed by atoms with van der Waals surface area (Å²) in [7, 11) is 1.63. The number of carbonyl (C=O) groups is 2. The zero-order chi connectivity index (χ0) is 21.8. The van der Waals surface area contributed by atoms with E-state index in [2.05, 4.69) is 5.32 Å². The van der Waals surface area contributed by atoms with Gasteiger partial charge in [0.2, 0.25) is 5.91 Å². The Labute approximate surface area is 181 Å². The van der Waals surface area contributed by atoms with Crippen molar-refractivity contribution in [2.45, 2.75) is 32.0 Å². The summed E-state index contributed by atoms with van der Waals surface area (Å²) < 4.78 is 12.6. The second kappa shape index (κ2) is 8.81. The number of aromatic nitrogens is 1. The molecule has 1 aliphatic heterocycles. The van der Waals surface area contributed by atoms with Gasteiger partial charge in [0, 0.05) is 26.8 Å². The SMILES string of the molecule is COCCCN1C(=O)c2ccc(-c3ccco3)n2CC1(C)C(=O)NCc1ccccc1. The maximum Gasteiger partial charge on any atom is 0.271 e. The number of furan rings is 1. The van der Waals surface area contributed by atoms with Crippen LogP contribution in [0, 0.1) is 0 Å². The zero-order valence-electron chi connectivity index (χ0n) is 17.8. The molecule has 0 saturated carbocycles. The fourth-order valence-corrected chi connectivity index (χ4v) is 4.10. The average molecular weight is 421 g/mol. The summed E-state index contributed by atoms with van der Waals surface area (Å²) >= 11 is 0. The Hall–Kier alpha value is -3.32. The number of nitrogens with one attached hydrogen (secondary N) is 1. The van der Waals surface area contributed by atoms with Gasteiger partial charge in [0.15, 0.2) is 0 Å². The third-order valence-electron chi connectivity index (χ3n) is 5.80. The predicted molar refractivity (Wildman–Crippen MR) is 116 cm³/mol. The molecule has 0 fully saturated rings. The summed E-state index contributed by atoms with van der Waals surface area (Å²) in [5.41, 5.74) is 1.29. The molecule has 7 heteroatoms. The molecule has 2 amide bonds. The van der Waals surface area contributed by atoms with E-state index in [9.17, 15) is 9.59 Å². The Balaban J connectivity index is 1.65. The van der Waals surface area contributed by atoms with E-state index in [4.69, 9.17) is 9.15 Å². The number of hydrogen-bond donors (Lipinski definition) is 1. The van der Waals surface area contributed by atoms with E-state index in [1.807, 2.05) is 60.0 Å². The van der Waals surface area contributed by atoms with Crippen molar-refractivity contribution in [3.05, 3.63) is 72.1 Å². The number of hydrogen-bond acceptors (Lipinski definition) is 4. The molecule has 3 aromatic rings.